The summed E-state index contributed by atoms with van der Waals surface area (Å²) in [6.45, 7) is 3.51. The lowest BCUT2D eigenvalue weighted by Gasteiger charge is -2.19. The number of rotatable bonds is 1. The summed E-state index contributed by atoms with van der Waals surface area (Å²) >= 11 is 0. The van der Waals surface area contributed by atoms with Crippen LogP contribution in [0.1, 0.15) is 11.1 Å². The Balaban J connectivity index is 2.35. The first kappa shape index (κ1) is 9.37. The van der Waals surface area contributed by atoms with Crippen molar-refractivity contribution in [2.24, 2.45) is 0 Å². The van der Waals surface area contributed by atoms with Crippen molar-refractivity contribution >= 4 is 5.57 Å². The summed E-state index contributed by atoms with van der Waals surface area (Å²) in [6.07, 6.45) is 5.16. The van der Waals surface area contributed by atoms with Crippen molar-refractivity contribution in [1.82, 2.24) is 10.3 Å². The third kappa shape index (κ3) is 1.84. The smallest absolute Gasteiger partial charge is 0.0851 e. The zero-order valence-electron chi connectivity index (χ0n) is 8.20. The van der Waals surface area contributed by atoms with Gasteiger partial charge in [-0.15, -0.1) is 0 Å². The molecule has 1 aromatic rings. The maximum absolute atomic E-state index is 9.47. The van der Waals surface area contributed by atoms with Crippen LogP contribution in [0.5, 0.6) is 0 Å². The minimum Gasteiger partial charge on any atom is -0.388 e. The molecule has 0 saturated carbocycles. The van der Waals surface area contributed by atoms with Gasteiger partial charge in [0.25, 0.3) is 0 Å². The van der Waals surface area contributed by atoms with E-state index in [-0.39, 0.29) is 6.10 Å². The summed E-state index contributed by atoms with van der Waals surface area (Å²) in [5, 5.41) is 12.6. The molecule has 2 heterocycles. The molecule has 1 aliphatic heterocycles. The quantitative estimate of drug-likeness (QED) is 0.686. The summed E-state index contributed by atoms with van der Waals surface area (Å²) in [4.78, 5) is 4.10. The second-order valence-corrected chi connectivity index (χ2v) is 3.58. The molecular formula is C11H14N2O. The molecule has 3 nitrogen and oxygen atoms in total. The van der Waals surface area contributed by atoms with Crippen molar-refractivity contribution < 1.29 is 5.11 Å². The minimum atomic E-state index is -0.377. The lowest BCUT2D eigenvalue weighted by Crippen LogP contribution is -2.31. The second-order valence-electron chi connectivity index (χ2n) is 3.58. The van der Waals surface area contributed by atoms with Crippen LogP contribution >= 0.6 is 0 Å². The summed E-state index contributed by atoms with van der Waals surface area (Å²) in [7, 11) is 0. The molecule has 0 radical (unpaired) electrons. The predicted octanol–water partition coefficient (Wildman–Crippen LogP) is 0.738. The molecular weight excluding hydrogens is 176 g/mol. The van der Waals surface area contributed by atoms with Gasteiger partial charge < -0.3 is 10.4 Å². The van der Waals surface area contributed by atoms with E-state index in [0.717, 1.165) is 17.7 Å². The lowest BCUT2D eigenvalue weighted by atomic mass is 9.99. The number of aliphatic hydroxyl groups is 1. The van der Waals surface area contributed by atoms with E-state index >= 15 is 0 Å². The first-order chi connectivity index (χ1) is 6.77. The van der Waals surface area contributed by atoms with Crippen molar-refractivity contribution in [3.05, 3.63) is 35.7 Å². The van der Waals surface area contributed by atoms with Gasteiger partial charge in [-0.25, -0.2) is 0 Å². The number of hydrogen-bond donors (Lipinski definition) is 2. The summed E-state index contributed by atoms with van der Waals surface area (Å²) in [5.74, 6) is 0. The first-order valence-electron chi connectivity index (χ1n) is 4.78. The molecule has 0 amide bonds. The largest absolute Gasteiger partial charge is 0.388 e. The van der Waals surface area contributed by atoms with E-state index in [4.69, 9.17) is 0 Å². The van der Waals surface area contributed by atoms with Gasteiger partial charge in [-0.1, -0.05) is 0 Å². The highest BCUT2D eigenvalue weighted by molar-refractivity contribution is 5.69. The number of hydrogen-bond acceptors (Lipinski definition) is 3. The third-order valence-electron chi connectivity index (χ3n) is 2.45. The monoisotopic (exact) mass is 190 g/mol. The van der Waals surface area contributed by atoms with Crippen molar-refractivity contribution in [2.45, 2.75) is 13.0 Å². The van der Waals surface area contributed by atoms with Crippen molar-refractivity contribution in [2.75, 3.05) is 13.1 Å². The van der Waals surface area contributed by atoms with Crippen LogP contribution in [0.15, 0.2) is 24.5 Å². The molecule has 0 aliphatic carbocycles. The molecule has 1 aromatic heterocycles. The van der Waals surface area contributed by atoms with E-state index < -0.39 is 0 Å². The maximum atomic E-state index is 9.47. The van der Waals surface area contributed by atoms with Gasteiger partial charge in [0.2, 0.25) is 0 Å². The van der Waals surface area contributed by atoms with E-state index in [1.54, 1.807) is 6.20 Å². The highest BCUT2D eigenvalue weighted by Crippen LogP contribution is 2.19. The van der Waals surface area contributed by atoms with Crippen LogP contribution in [0.2, 0.25) is 0 Å². The van der Waals surface area contributed by atoms with Crippen LogP contribution in [0.3, 0.4) is 0 Å². The van der Waals surface area contributed by atoms with Crippen molar-refractivity contribution in [1.29, 1.82) is 0 Å². The molecule has 1 atom stereocenters. The molecule has 2 rings (SSSR count). The van der Waals surface area contributed by atoms with Crippen molar-refractivity contribution in [3.63, 3.8) is 0 Å². The number of pyridine rings is 1. The Morgan fingerprint density at radius 1 is 1.57 bits per heavy atom. The first-order valence-corrected chi connectivity index (χ1v) is 4.78. The molecule has 1 aliphatic rings. The molecule has 0 fully saturated rings. The predicted molar refractivity (Wildman–Crippen MR) is 55.8 cm³/mol. The maximum Gasteiger partial charge on any atom is 0.0851 e. The van der Waals surface area contributed by atoms with Gasteiger partial charge in [-0.3, -0.25) is 4.98 Å². The molecule has 0 aromatic carbocycles. The molecule has 14 heavy (non-hydrogen) atoms. The Labute approximate surface area is 83.5 Å². The number of β-amino-alcohol motifs (C(OH)–C–C–N with tert-alkyl or cyclic N) is 1. The van der Waals surface area contributed by atoms with Crippen LogP contribution in [-0.2, 0) is 0 Å². The number of nitrogens with one attached hydrogen (secondary N) is 1. The Kier molecular flexibility index (Phi) is 2.61. The Bertz CT molecular complexity index is 360. The SMILES string of the molecule is Cc1ccncc1C1=CC(O)CNC1. The average Bonchev–Trinajstić information content (AvgIpc) is 2.18. The van der Waals surface area contributed by atoms with Gasteiger partial charge in [-0.05, 0) is 35.8 Å². The number of aryl methyl sites for hydroxylation is 1. The summed E-state index contributed by atoms with van der Waals surface area (Å²) < 4.78 is 0. The van der Waals surface area contributed by atoms with Gasteiger partial charge >= 0.3 is 0 Å². The number of aromatic nitrogens is 1. The second kappa shape index (κ2) is 3.90. The van der Waals surface area contributed by atoms with E-state index in [1.807, 2.05) is 18.3 Å². The minimum absolute atomic E-state index is 0.377. The number of aliphatic hydroxyl groups excluding tert-OH is 1. The standard InChI is InChI=1S/C11H14N2O/c1-8-2-3-12-7-11(8)9-4-10(14)6-13-5-9/h2-4,7,10,13-14H,5-6H2,1H3. The number of nitrogens with zero attached hydrogens (tertiary/aromatic N) is 1. The van der Waals surface area contributed by atoms with Gasteiger partial charge in [0, 0.05) is 25.5 Å². The summed E-state index contributed by atoms with van der Waals surface area (Å²) in [5.41, 5.74) is 3.45. The van der Waals surface area contributed by atoms with E-state index in [0.29, 0.717) is 6.54 Å². The van der Waals surface area contributed by atoms with Crippen LogP contribution < -0.4 is 5.32 Å². The zero-order chi connectivity index (χ0) is 9.97. The lowest BCUT2D eigenvalue weighted by molar-refractivity contribution is 0.217. The average molecular weight is 190 g/mol. The van der Waals surface area contributed by atoms with Crippen LogP contribution in [0.25, 0.3) is 5.57 Å². The van der Waals surface area contributed by atoms with Crippen LogP contribution in [0.4, 0.5) is 0 Å². The topological polar surface area (TPSA) is 45.2 Å². The van der Waals surface area contributed by atoms with Gasteiger partial charge in [0.1, 0.15) is 0 Å². The fourth-order valence-electron chi connectivity index (χ4n) is 1.69. The normalized spacial score (nSPS) is 21.9. The molecule has 3 heteroatoms. The zero-order valence-corrected chi connectivity index (χ0v) is 8.20. The molecule has 2 N–H and O–H groups in total. The highest BCUT2D eigenvalue weighted by atomic mass is 16.3. The van der Waals surface area contributed by atoms with Gasteiger partial charge in [-0.2, -0.15) is 0 Å². The third-order valence-corrected chi connectivity index (χ3v) is 2.45. The summed E-state index contributed by atoms with van der Waals surface area (Å²) in [6, 6.07) is 1.98. The Morgan fingerprint density at radius 2 is 2.43 bits per heavy atom. The highest BCUT2D eigenvalue weighted by Gasteiger charge is 2.12. The van der Waals surface area contributed by atoms with Crippen molar-refractivity contribution in [3.8, 4) is 0 Å². The Morgan fingerprint density at radius 3 is 3.14 bits per heavy atom. The molecule has 0 saturated heterocycles. The fraction of sp³-hybridized carbons (Fsp3) is 0.364. The van der Waals surface area contributed by atoms with E-state index in [9.17, 15) is 5.11 Å². The fourth-order valence-corrected chi connectivity index (χ4v) is 1.69. The van der Waals surface area contributed by atoms with Crippen LogP contribution in [-0.4, -0.2) is 29.3 Å². The van der Waals surface area contributed by atoms with Gasteiger partial charge in [0.15, 0.2) is 0 Å². The molecule has 0 bridgehead atoms. The molecule has 74 valence electrons. The molecule has 0 spiro atoms. The van der Waals surface area contributed by atoms with Crippen LogP contribution in [0, 0.1) is 6.92 Å². The molecule has 1 unspecified atom stereocenters. The van der Waals surface area contributed by atoms with E-state index in [1.165, 1.54) is 5.56 Å². The van der Waals surface area contributed by atoms with E-state index in [2.05, 4.69) is 17.2 Å². The Hall–Kier alpha value is -1.19. The van der Waals surface area contributed by atoms with Gasteiger partial charge in [0.05, 0.1) is 6.10 Å².